The highest BCUT2D eigenvalue weighted by atomic mass is 32.1. The summed E-state index contributed by atoms with van der Waals surface area (Å²) < 4.78 is 0. The molecule has 7 heteroatoms. The summed E-state index contributed by atoms with van der Waals surface area (Å²) in [7, 11) is 5.52. The van der Waals surface area contributed by atoms with E-state index in [1.54, 1.807) is 7.05 Å². The zero-order valence-electron chi connectivity index (χ0n) is 13.5. The van der Waals surface area contributed by atoms with E-state index in [2.05, 4.69) is 29.4 Å². The minimum absolute atomic E-state index is 0.102. The Morgan fingerprint density at radius 3 is 2.33 bits per heavy atom. The number of likely N-dealkylation sites (N-methyl/N-ethyl adjacent to an activating group) is 1. The first-order valence-electron chi connectivity index (χ1n) is 6.68. The fourth-order valence-corrected chi connectivity index (χ4v) is 2.64. The minimum atomic E-state index is -0.290. The highest BCUT2D eigenvalue weighted by molar-refractivity contribution is 7.19. The van der Waals surface area contributed by atoms with Crippen LogP contribution in [0.2, 0.25) is 0 Å². The topological polar surface area (TPSA) is 87.5 Å². The molecule has 0 bridgehead atoms. The van der Waals surface area contributed by atoms with Gasteiger partial charge in [0.05, 0.1) is 16.1 Å². The molecular weight excluding hydrogens is 288 g/mol. The number of Topliss-reactive ketones (excluding diaryl/α,β-unsaturated/α-hetero) is 1. The van der Waals surface area contributed by atoms with Crippen molar-refractivity contribution >= 4 is 33.7 Å². The number of carbonyl (C=O) groups excluding carboxylic acids is 2. The van der Waals surface area contributed by atoms with Crippen molar-refractivity contribution in [2.45, 2.75) is 26.3 Å². The van der Waals surface area contributed by atoms with Crippen LogP contribution in [0.4, 0.5) is 10.7 Å². The molecule has 0 radical (unpaired) electrons. The molecule has 0 saturated carbocycles. The van der Waals surface area contributed by atoms with Gasteiger partial charge in [0, 0.05) is 26.1 Å². The summed E-state index contributed by atoms with van der Waals surface area (Å²) in [6, 6.07) is 0. The minimum Gasteiger partial charge on any atom is -0.397 e. The van der Waals surface area contributed by atoms with Crippen molar-refractivity contribution in [3.63, 3.8) is 0 Å². The first kappa shape index (κ1) is 17.5. The fourth-order valence-electron chi connectivity index (χ4n) is 1.64. The number of nitrogens with two attached hydrogens (primary N) is 1. The summed E-state index contributed by atoms with van der Waals surface area (Å²) in [5, 5.41) is 6.44. The van der Waals surface area contributed by atoms with E-state index in [9.17, 15) is 9.59 Å². The maximum absolute atomic E-state index is 12.0. The van der Waals surface area contributed by atoms with Crippen LogP contribution in [-0.2, 0) is 0 Å². The van der Waals surface area contributed by atoms with Crippen LogP contribution in [0.15, 0.2) is 0 Å². The summed E-state index contributed by atoms with van der Waals surface area (Å²) >= 11 is 1.23. The van der Waals surface area contributed by atoms with Gasteiger partial charge in [0.15, 0.2) is 5.78 Å². The number of thiophene rings is 1. The maximum Gasteiger partial charge on any atom is 0.256 e. The maximum atomic E-state index is 12.0. The number of hydrogen-bond donors (Lipinski definition) is 3. The number of carbonyl (C=O) groups is 2. The lowest BCUT2D eigenvalue weighted by Gasteiger charge is -2.32. The molecule has 0 spiro atoms. The van der Waals surface area contributed by atoms with Crippen molar-refractivity contribution in [3.8, 4) is 0 Å². The van der Waals surface area contributed by atoms with Gasteiger partial charge in [-0.1, -0.05) is 0 Å². The van der Waals surface area contributed by atoms with Gasteiger partial charge < -0.3 is 21.3 Å². The molecule has 21 heavy (non-hydrogen) atoms. The molecule has 1 aromatic heterocycles. The molecule has 0 aromatic carbocycles. The third-order valence-electron chi connectivity index (χ3n) is 3.61. The average Bonchev–Trinajstić information content (AvgIpc) is 2.72. The molecule has 0 unspecified atom stereocenters. The van der Waals surface area contributed by atoms with E-state index in [-0.39, 0.29) is 22.9 Å². The predicted molar refractivity (Wildman–Crippen MR) is 88.4 cm³/mol. The molecule has 0 aliphatic rings. The smallest absolute Gasteiger partial charge is 0.256 e. The number of hydrogen-bond acceptors (Lipinski definition) is 6. The van der Waals surface area contributed by atoms with Gasteiger partial charge in [-0.25, -0.2) is 0 Å². The molecule has 1 heterocycles. The van der Waals surface area contributed by atoms with Crippen LogP contribution >= 0.6 is 11.3 Å². The Kier molecular flexibility index (Phi) is 5.36. The van der Waals surface area contributed by atoms with Crippen molar-refractivity contribution in [1.82, 2.24) is 10.2 Å². The Balaban J connectivity index is 3.14. The number of anilines is 2. The summed E-state index contributed by atoms with van der Waals surface area (Å²) in [6.07, 6.45) is 0. The fraction of sp³-hybridized carbons (Fsp3) is 0.571. The van der Waals surface area contributed by atoms with E-state index in [0.29, 0.717) is 22.0 Å². The largest absolute Gasteiger partial charge is 0.397 e. The van der Waals surface area contributed by atoms with Crippen LogP contribution in [0.3, 0.4) is 0 Å². The van der Waals surface area contributed by atoms with Crippen LogP contribution in [0.5, 0.6) is 0 Å². The van der Waals surface area contributed by atoms with E-state index >= 15 is 0 Å². The molecule has 0 saturated heterocycles. The van der Waals surface area contributed by atoms with Crippen LogP contribution in [0.25, 0.3) is 0 Å². The van der Waals surface area contributed by atoms with Crippen molar-refractivity contribution in [2.75, 3.05) is 38.7 Å². The first-order valence-corrected chi connectivity index (χ1v) is 7.50. The summed E-state index contributed by atoms with van der Waals surface area (Å²) in [4.78, 5) is 26.1. The summed E-state index contributed by atoms with van der Waals surface area (Å²) in [6.45, 7) is 6.25. The molecule has 0 atom stereocenters. The lowest BCUT2D eigenvalue weighted by molar-refractivity contribution is 0.0964. The van der Waals surface area contributed by atoms with Crippen LogP contribution in [0, 0.1) is 0 Å². The van der Waals surface area contributed by atoms with E-state index in [0.717, 1.165) is 0 Å². The Hall–Kier alpha value is -1.60. The third-order valence-corrected chi connectivity index (χ3v) is 4.88. The Labute approximate surface area is 129 Å². The normalized spacial score (nSPS) is 11.6. The van der Waals surface area contributed by atoms with Gasteiger partial charge in [0.1, 0.15) is 5.00 Å². The lowest BCUT2D eigenvalue weighted by Crippen LogP contribution is -2.44. The van der Waals surface area contributed by atoms with Crippen molar-refractivity contribution in [2.24, 2.45) is 0 Å². The van der Waals surface area contributed by atoms with Crippen molar-refractivity contribution in [3.05, 3.63) is 10.4 Å². The second-order valence-corrected chi connectivity index (χ2v) is 6.77. The average molecular weight is 312 g/mol. The number of nitrogen functional groups attached to an aromatic ring is 1. The third kappa shape index (κ3) is 3.74. The van der Waals surface area contributed by atoms with E-state index in [1.807, 2.05) is 14.1 Å². The van der Waals surface area contributed by atoms with Gasteiger partial charge in [0.25, 0.3) is 5.91 Å². The lowest BCUT2D eigenvalue weighted by atomic mass is 10.0. The van der Waals surface area contributed by atoms with E-state index in [1.165, 1.54) is 18.3 Å². The highest BCUT2D eigenvalue weighted by Gasteiger charge is 2.26. The van der Waals surface area contributed by atoms with Crippen LogP contribution < -0.4 is 16.4 Å². The molecule has 6 nitrogen and oxygen atoms in total. The van der Waals surface area contributed by atoms with Gasteiger partial charge in [-0.3, -0.25) is 9.59 Å². The zero-order chi connectivity index (χ0) is 16.4. The number of nitrogens with zero attached hydrogens (tertiary/aromatic N) is 1. The Morgan fingerprint density at radius 2 is 1.90 bits per heavy atom. The predicted octanol–water partition coefficient (Wildman–Crippen LogP) is 1.64. The number of amides is 1. The molecular formula is C14H24N4O2S. The number of nitrogens with one attached hydrogen (secondary N) is 2. The molecule has 1 amide bonds. The second kappa shape index (κ2) is 6.44. The molecule has 0 aliphatic carbocycles. The zero-order valence-corrected chi connectivity index (χ0v) is 14.3. The quantitative estimate of drug-likeness (QED) is 0.695. The highest BCUT2D eigenvalue weighted by Crippen LogP contribution is 2.36. The summed E-state index contributed by atoms with van der Waals surface area (Å²) in [5.41, 5.74) is 6.45. The van der Waals surface area contributed by atoms with Gasteiger partial charge >= 0.3 is 0 Å². The van der Waals surface area contributed by atoms with Crippen molar-refractivity contribution in [1.29, 1.82) is 0 Å². The van der Waals surface area contributed by atoms with Crippen molar-refractivity contribution < 1.29 is 9.59 Å². The van der Waals surface area contributed by atoms with Gasteiger partial charge in [-0.2, -0.15) is 0 Å². The first-order chi connectivity index (χ1) is 9.61. The number of rotatable bonds is 6. The summed E-state index contributed by atoms with van der Waals surface area (Å²) in [5.74, 6) is -0.427. The Morgan fingerprint density at radius 1 is 1.33 bits per heavy atom. The van der Waals surface area contributed by atoms with Crippen LogP contribution in [-0.4, -0.2) is 49.8 Å². The molecule has 4 N–H and O–H groups in total. The molecule has 0 aliphatic heterocycles. The Bertz CT molecular complexity index is 549. The molecule has 1 rings (SSSR count). The van der Waals surface area contributed by atoms with E-state index in [4.69, 9.17) is 5.73 Å². The number of ketones is 1. The van der Waals surface area contributed by atoms with Gasteiger partial charge in [-0.05, 0) is 27.9 Å². The molecule has 118 valence electrons. The standard InChI is InChI=1S/C14H24N4O2S/c1-8(19)11-10(15)9(12(20)16-4)13(21-11)17-7-14(2,3)18(5)6/h17H,7,15H2,1-6H3,(H,16,20). The second-order valence-electron chi connectivity index (χ2n) is 5.74. The molecule has 1 aromatic rings. The SMILES string of the molecule is CNC(=O)c1c(NCC(C)(C)N(C)C)sc(C(C)=O)c1N. The van der Waals surface area contributed by atoms with Crippen LogP contribution in [0.1, 0.15) is 40.8 Å². The van der Waals surface area contributed by atoms with Gasteiger partial charge in [0.2, 0.25) is 0 Å². The van der Waals surface area contributed by atoms with E-state index < -0.39 is 0 Å². The monoisotopic (exact) mass is 312 g/mol. The van der Waals surface area contributed by atoms with Gasteiger partial charge in [-0.15, -0.1) is 11.3 Å². The molecule has 0 fully saturated rings.